The summed E-state index contributed by atoms with van der Waals surface area (Å²) in [5, 5.41) is 11.3. The highest BCUT2D eigenvalue weighted by molar-refractivity contribution is 6.03. The van der Waals surface area contributed by atoms with Gasteiger partial charge in [-0.15, -0.1) is 0 Å². The van der Waals surface area contributed by atoms with Crippen molar-refractivity contribution in [1.29, 1.82) is 0 Å². The number of anilines is 3. The fourth-order valence-electron chi connectivity index (χ4n) is 3.93. The maximum absolute atomic E-state index is 13.2. The number of benzene rings is 3. The Hall–Kier alpha value is -4.05. The summed E-state index contributed by atoms with van der Waals surface area (Å²) < 4.78 is 39.5. The Kier molecular flexibility index (Phi) is 6.40. The van der Waals surface area contributed by atoms with E-state index in [4.69, 9.17) is 11.5 Å². The van der Waals surface area contributed by atoms with Crippen LogP contribution in [0.25, 0.3) is 22.0 Å². The molecule has 182 valence electrons. The van der Waals surface area contributed by atoms with Crippen LogP contribution in [0.15, 0.2) is 60.7 Å². The monoisotopic (exact) mass is 482 g/mol. The molecule has 0 aliphatic carbocycles. The van der Waals surface area contributed by atoms with Crippen LogP contribution in [0.1, 0.15) is 25.0 Å². The van der Waals surface area contributed by atoms with Gasteiger partial charge in [0.05, 0.1) is 27.8 Å². The van der Waals surface area contributed by atoms with Gasteiger partial charge in [-0.05, 0) is 47.0 Å². The number of halogens is 3. The minimum absolute atomic E-state index is 0.0172. The number of nitrogens with two attached hydrogens (primary N) is 2. The van der Waals surface area contributed by atoms with E-state index in [0.29, 0.717) is 24.1 Å². The Morgan fingerprint density at radius 2 is 1.80 bits per heavy atom. The number of fused-ring (bicyclic) bond motifs is 1. The summed E-state index contributed by atoms with van der Waals surface area (Å²) in [6.45, 7) is 4.76. The van der Waals surface area contributed by atoms with Crippen molar-refractivity contribution < 1.29 is 18.0 Å². The molecule has 1 aromatic heterocycles. The normalized spacial score (nSPS) is 11.8. The van der Waals surface area contributed by atoms with Crippen LogP contribution >= 0.6 is 0 Å². The molecule has 7 nitrogen and oxygen atoms in total. The van der Waals surface area contributed by atoms with Crippen molar-refractivity contribution in [3.63, 3.8) is 0 Å². The number of alkyl halides is 3. The smallest absolute Gasteiger partial charge is 0.382 e. The Labute approximate surface area is 199 Å². The number of urea groups is 1. The summed E-state index contributed by atoms with van der Waals surface area (Å²) >= 11 is 0. The van der Waals surface area contributed by atoms with Gasteiger partial charge in [0.25, 0.3) is 0 Å². The number of amides is 2. The van der Waals surface area contributed by atoms with Crippen molar-refractivity contribution in [1.82, 2.24) is 15.5 Å². The third kappa shape index (κ3) is 4.92. The van der Waals surface area contributed by atoms with E-state index in [2.05, 4.69) is 29.4 Å². The van der Waals surface area contributed by atoms with E-state index >= 15 is 0 Å². The van der Waals surface area contributed by atoms with Crippen LogP contribution in [0.4, 0.5) is 35.2 Å². The van der Waals surface area contributed by atoms with Crippen LogP contribution in [0.5, 0.6) is 0 Å². The van der Waals surface area contributed by atoms with Gasteiger partial charge in [-0.2, -0.15) is 18.3 Å². The maximum atomic E-state index is 13.2. The molecule has 4 rings (SSSR count). The lowest BCUT2D eigenvalue weighted by atomic mass is 9.98. The molecule has 0 bridgehead atoms. The van der Waals surface area contributed by atoms with E-state index in [1.165, 1.54) is 12.1 Å². The van der Waals surface area contributed by atoms with Crippen molar-refractivity contribution in [2.45, 2.75) is 32.6 Å². The Balaban J connectivity index is 1.71. The molecule has 1 heterocycles. The van der Waals surface area contributed by atoms with E-state index in [9.17, 15) is 18.0 Å². The van der Waals surface area contributed by atoms with Crippen molar-refractivity contribution in [2.24, 2.45) is 5.73 Å². The van der Waals surface area contributed by atoms with Crippen molar-refractivity contribution in [2.75, 3.05) is 10.6 Å². The van der Waals surface area contributed by atoms with Crippen molar-refractivity contribution >= 4 is 34.1 Å². The number of nitrogen functional groups attached to an aromatic ring is 1. The molecule has 0 spiro atoms. The minimum atomic E-state index is -4.55. The maximum Gasteiger partial charge on any atom is 0.416 e. The highest BCUT2D eigenvalue weighted by atomic mass is 19.4. The van der Waals surface area contributed by atoms with E-state index in [1.54, 1.807) is 24.3 Å². The molecule has 0 saturated carbocycles. The largest absolute Gasteiger partial charge is 0.416 e. The molecule has 6 N–H and O–H groups in total. The molecular weight excluding hydrogens is 457 g/mol. The number of aromatic amines is 1. The number of nitrogens with one attached hydrogen (secondary N) is 2. The van der Waals surface area contributed by atoms with Gasteiger partial charge in [-0.3, -0.25) is 10.00 Å². The van der Waals surface area contributed by atoms with Gasteiger partial charge in [0.15, 0.2) is 5.82 Å². The average molecular weight is 483 g/mol. The molecule has 10 heteroatoms. The van der Waals surface area contributed by atoms with Crippen molar-refractivity contribution in [3.8, 4) is 11.1 Å². The van der Waals surface area contributed by atoms with E-state index in [1.807, 2.05) is 12.1 Å². The predicted molar refractivity (Wildman–Crippen MR) is 131 cm³/mol. The predicted octanol–water partition coefficient (Wildman–Crippen LogP) is 5.55. The molecule has 0 aliphatic rings. The van der Waals surface area contributed by atoms with Crippen LogP contribution in [0.3, 0.4) is 0 Å². The quantitative estimate of drug-likeness (QED) is 0.289. The standard InChI is InChI=1S/C25H25F3N6O/c1-14(2)31-13-16-8-11-20(21-22(16)32-33-23(21)29)15-6-9-18(10-7-15)34(24(30)35)19-5-3-4-17(12-19)25(26,27)28/h3-12,14,31H,13H2,1-2H3,(H2,30,35)(H3,29,32,33). The summed E-state index contributed by atoms with van der Waals surface area (Å²) in [4.78, 5) is 13.2. The molecule has 35 heavy (non-hydrogen) atoms. The van der Waals surface area contributed by atoms with E-state index in [0.717, 1.165) is 44.6 Å². The molecule has 4 aromatic rings. The number of nitrogens with zero attached hydrogens (tertiary/aromatic N) is 2. The number of rotatable bonds is 6. The number of hydrogen-bond acceptors (Lipinski definition) is 4. The summed E-state index contributed by atoms with van der Waals surface area (Å²) in [6.07, 6.45) is -4.55. The topological polar surface area (TPSA) is 113 Å². The molecule has 0 fully saturated rings. The molecule has 3 aromatic carbocycles. The first-order valence-electron chi connectivity index (χ1n) is 10.9. The van der Waals surface area contributed by atoms with Gasteiger partial charge < -0.3 is 16.8 Å². The Morgan fingerprint density at radius 3 is 2.43 bits per heavy atom. The van der Waals surface area contributed by atoms with Gasteiger partial charge in [0, 0.05) is 12.6 Å². The fourth-order valence-corrected chi connectivity index (χ4v) is 3.93. The third-order valence-electron chi connectivity index (χ3n) is 5.63. The average Bonchev–Trinajstić information content (AvgIpc) is 3.19. The van der Waals surface area contributed by atoms with Gasteiger partial charge in [0.1, 0.15) is 0 Å². The number of carbonyl (C=O) groups excluding carboxylic acids is 1. The SMILES string of the molecule is CC(C)NCc1ccc(-c2ccc(N(C(N)=O)c3cccc(C(F)(F)F)c3)cc2)c2c(N)n[nH]c12. The van der Waals surface area contributed by atoms with Gasteiger partial charge in [-0.1, -0.05) is 44.2 Å². The number of primary amides is 1. The molecule has 0 aliphatic heterocycles. The van der Waals surface area contributed by atoms with Crippen LogP contribution in [-0.2, 0) is 12.7 Å². The van der Waals surface area contributed by atoms with E-state index in [-0.39, 0.29) is 5.69 Å². The van der Waals surface area contributed by atoms with Gasteiger partial charge >= 0.3 is 12.2 Å². The first kappa shape index (κ1) is 24.1. The zero-order valence-corrected chi connectivity index (χ0v) is 19.1. The lowest BCUT2D eigenvalue weighted by Crippen LogP contribution is -2.31. The Morgan fingerprint density at radius 1 is 1.09 bits per heavy atom. The van der Waals surface area contributed by atoms with Gasteiger partial charge in [0.2, 0.25) is 0 Å². The second-order valence-corrected chi connectivity index (χ2v) is 8.44. The number of carbonyl (C=O) groups is 1. The van der Waals surface area contributed by atoms with Crippen molar-refractivity contribution in [3.05, 3.63) is 71.8 Å². The summed E-state index contributed by atoms with van der Waals surface area (Å²) in [7, 11) is 0. The van der Waals surface area contributed by atoms with Crippen LogP contribution < -0.4 is 21.7 Å². The number of hydrogen-bond donors (Lipinski definition) is 4. The first-order chi connectivity index (χ1) is 16.6. The summed E-state index contributed by atoms with van der Waals surface area (Å²) in [5.41, 5.74) is 14.6. The Bertz CT molecular complexity index is 1360. The second kappa shape index (κ2) is 9.30. The lowest BCUT2D eigenvalue weighted by molar-refractivity contribution is -0.137. The van der Waals surface area contributed by atoms with Crippen LogP contribution in [-0.4, -0.2) is 22.3 Å². The number of aromatic nitrogens is 2. The summed E-state index contributed by atoms with van der Waals surface area (Å²) in [5.74, 6) is 0.355. The van der Waals surface area contributed by atoms with E-state index < -0.39 is 17.8 Å². The molecule has 0 radical (unpaired) electrons. The minimum Gasteiger partial charge on any atom is -0.382 e. The molecule has 0 unspecified atom stereocenters. The van der Waals surface area contributed by atoms with Gasteiger partial charge in [-0.25, -0.2) is 4.79 Å². The number of H-pyrrole nitrogens is 1. The zero-order chi connectivity index (χ0) is 25.3. The fraction of sp³-hybridized carbons (Fsp3) is 0.200. The molecule has 2 amide bonds. The summed E-state index contributed by atoms with van der Waals surface area (Å²) in [6, 6.07) is 14.5. The lowest BCUT2D eigenvalue weighted by Gasteiger charge is -2.22. The molecule has 0 atom stereocenters. The van der Waals surface area contributed by atoms with Crippen LogP contribution in [0.2, 0.25) is 0 Å². The highest BCUT2D eigenvalue weighted by Gasteiger charge is 2.31. The first-order valence-corrected chi connectivity index (χ1v) is 10.9. The molecule has 0 saturated heterocycles. The van der Waals surface area contributed by atoms with Crippen LogP contribution in [0, 0.1) is 0 Å². The highest BCUT2D eigenvalue weighted by Crippen LogP contribution is 2.36. The molecular formula is C25H25F3N6O. The third-order valence-corrected chi connectivity index (χ3v) is 5.63. The zero-order valence-electron chi connectivity index (χ0n) is 19.1. The second-order valence-electron chi connectivity index (χ2n) is 8.44.